The number of likely N-dealkylation sites (N-methyl/N-ethyl adjacent to an activating group) is 2. The summed E-state index contributed by atoms with van der Waals surface area (Å²) in [6.07, 6.45) is 0.636. The molecule has 4 rings (SSSR count). The van der Waals surface area contributed by atoms with E-state index in [1.807, 2.05) is 23.9 Å². The number of hydrogen-bond donors (Lipinski definition) is 3. The van der Waals surface area contributed by atoms with Crippen LogP contribution in [-0.2, 0) is 23.4 Å². The molecule has 5 atom stereocenters. The van der Waals surface area contributed by atoms with Crippen LogP contribution in [0.15, 0.2) is 28.2 Å². The van der Waals surface area contributed by atoms with Crippen LogP contribution in [0.2, 0.25) is 0 Å². The van der Waals surface area contributed by atoms with Crippen LogP contribution in [-0.4, -0.2) is 110 Å². The van der Waals surface area contributed by atoms with E-state index in [4.69, 9.17) is 14.0 Å². The average molecular weight is 567 g/mol. The second-order valence-electron chi connectivity index (χ2n) is 9.42. The van der Waals surface area contributed by atoms with Gasteiger partial charge in [-0.3, -0.25) is 28.6 Å². The summed E-state index contributed by atoms with van der Waals surface area (Å²) in [4.78, 5) is 57.3. The van der Waals surface area contributed by atoms with E-state index in [9.17, 15) is 28.9 Å². The maximum absolute atomic E-state index is 12.5. The summed E-state index contributed by atoms with van der Waals surface area (Å²) in [5, 5.41) is 10.4. The molecule has 0 amide bonds. The third-order valence-corrected chi connectivity index (χ3v) is 8.05. The number of aromatic nitrogens is 4. The molecule has 0 radical (unpaired) electrons. The van der Waals surface area contributed by atoms with Crippen molar-refractivity contribution >= 4 is 13.7 Å². The zero-order valence-corrected chi connectivity index (χ0v) is 22.6. The average Bonchev–Trinajstić information content (AvgIpc) is 3.48. The Morgan fingerprint density at radius 1 is 1.33 bits per heavy atom. The van der Waals surface area contributed by atoms with Gasteiger partial charge in [-0.25, -0.2) is 18.7 Å². The number of nitrogens with one attached hydrogen (secondary N) is 1. The Hall–Kier alpha value is -3.09. The molecule has 16 heteroatoms. The number of aryl methyl sites for hydroxylation is 1. The molecule has 15 nitrogen and oxygen atoms in total. The van der Waals surface area contributed by atoms with Gasteiger partial charge in [-0.2, -0.15) is 0 Å². The van der Waals surface area contributed by atoms with Crippen LogP contribution in [0.3, 0.4) is 0 Å². The minimum atomic E-state index is -4.28. The molecule has 0 aliphatic carbocycles. The first-order valence-corrected chi connectivity index (χ1v) is 13.7. The summed E-state index contributed by atoms with van der Waals surface area (Å²) >= 11 is 0. The predicted octanol–water partition coefficient (Wildman–Crippen LogP) is -1.50. The third kappa shape index (κ3) is 6.74. The molecule has 4 heterocycles. The van der Waals surface area contributed by atoms with E-state index in [-0.39, 0.29) is 24.4 Å². The number of hydrogen-bond acceptors (Lipinski definition) is 11. The number of nitrogens with zero attached hydrogens (tertiary/aromatic N) is 5. The van der Waals surface area contributed by atoms with Gasteiger partial charge in [-0.1, -0.05) is 11.8 Å². The Balaban J connectivity index is 1.39. The Kier molecular flexibility index (Phi) is 8.87. The molecule has 3 unspecified atom stereocenters. The Bertz CT molecular complexity index is 1430. The Labute approximate surface area is 223 Å². The Morgan fingerprint density at radius 3 is 2.82 bits per heavy atom. The first-order valence-electron chi connectivity index (χ1n) is 12.2. The van der Waals surface area contributed by atoms with Crippen molar-refractivity contribution in [2.75, 3.05) is 46.9 Å². The van der Waals surface area contributed by atoms with Gasteiger partial charge in [0.25, 0.3) is 5.56 Å². The minimum Gasteiger partial charge on any atom is -0.451 e. The second-order valence-corrected chi connectivity index (χ2v) is 11.1. The summed E-state index contributed by atoms with van der Waals surface area (Å²) in [5.74, 6) is 5.05. The summed E-state index contributed by atoms with van der Waals surface area (Å²) in [5.41, 5.74) is -1.60. The maximum atomic E-state index is 12.5. The molecule has 3 N–H and O–H groups in total. The van der Waals surface area contributed by atoms with E-state index in [0.29, 0.717) is 6.54 Å². The molecule has 39 heavy (non-hydrogen) atoms. The van der Waals surface area contributed by atoms with Gasteiger partial charge >= 0.3 is 19.4 Å². The number of aliphatic hydroxyl groups is 1. The summed E-state index contributed by atoms with van der Waals surface area (Å²) in [6.45, 7) is 2.96. The van der Waals surface area contributed by atoms with Gasteiger partial charge in [0.05, 0.1) is 12.7 Å². The van der Waals surface area contributed by atoms with Gasteiger partial charge in [0, 0.05) is 44.6 Å². The highest BCUT2D eigenvalue weighted by Crippen LogP contribution is 2.45. The molecular formula is C23H31N6O9P. The largest absolute Gasteiger partial charge is 0.451 e. The van der Waals surface area contributed by atoms with Crippen LogP contribution in [0, 0.1) is 18.8 Å². The van der Waals surface area contributed by atoms with Gasteiger partial charge in [0.2, 0.25) is 0 Å². The number of aromatic amines is 1. The van der Waals surface area contributed by atoms with Crippen LogP contribution >= 0.6 is 7.75 Å². The quantitative estimate of drug-likeness (QED) is 0.201. The lowest BCUT2D eigenvalue weighted by molar-refractivity contribution is -0.150. The maximum Gasteiger partial charge on any atom is 0.437 e. The van der Waals surface area contributed by atoms with E-state index in [0.717, 1.165) is 22.0 Å². The lowest BCUT2D eigenvalue weighted by Gasteiger charge is -2.35. The smallest absolute Gasteiger partial charge is 0.437 e. The van der Waals surface area contributed by atoms with Crippen LogP contribution in [0.25, 0.3) is 0 Å². The van der Waals surface area contributed by atoms with Crippen LogP contribution in [0.5, 0.6) is 0 Å². The van der Waals surface area contributed by atoms with E-state index < -0.39 is 56.0 Å². The molecule has 212 valence electrons. The van der Waals surface area contributed by atoms with Crippen molar-refractivity contribution < 1.29 is 33.4 Å². The molecule has 2 saturated heterocycles. The SMILES string of the molecule is Cc1nccn1P(=O)(O)OC[C@H]1O[C@@H](n2cc(C#CCOC(=O)C3CN(C)CCN3C)c(=O)[nH]c2=O)CC1O. The number of esters is 1. The molecule has 2 aliphatic rings. The van der Waals surface area contributed by atoms with Crippen molar-refractivity contribution in [1.82, 2.24) is 28.7 Å². The fraction of sp³-hybridized carbons (Fsp3) is 0.565. The van der Waals surface area contributed by atoms with Crippen LogP contribution < -0.4 is 11.2 Å². The van der Waals surface area contributed by atoms with Crippen molar-refractivity contribution in [2.45, 2.75) is 37.8 Å². The van der Waals surface area contributed by atoms with Crippen molar-refractivity contribution in [3.05, 3.63) is 50.8 Å². The molecule has 0 saturated carbocycles. The van der Waals surface area contributed by atoms with Crippen molar-refractivity contribution in [2.24, 2.45) is 0 Å². The van der Waals surface area contributed by atoms with Crippen molar-refractivity contribution in [3.63, 3.8) is 0 Å². The van der Waals surface area contributed by atoms with Gasteiger partial charge in [-0.15, -0.1) is 0 Å². The highest BCUT2D eigenvalue weighted by molar-refractivity contribution is 7.51. The monoisotopic (exact) mass is 566 g/mol. The molecule has 2 aromatic rings. The van der Waals surface area contributed by atoms with Crippen LogP contribution in [0.1, 0.15) is 24.0 Å². The molecule has 0 aromatic carbocycles. The lowest BCUT2D eigenvalue weighted by atomic mass is 10.2. The fourth-order valence-electron chi connectivity index (χ4n) is 4.29. The molecule has 0 bridgehead atoms. The standard InChI is InChI=1S/C23H31N6O9P/c1-15-24-6-7-29(15)39(34,35)37-14-19-18(30)11-20(38-19)28-12-16(21(31)25-23(28)33)5-4-10-36-22(32)17-13-26(2)8-9-27(17)3/h6-7,12,17-20,30H,8-11,13-14H2,1-3H3,(H,34,35)(H,25,31,33)/t17?,18?,19-,20-/m1/s1. The summed E-state index contributed by atoms with van der Waals surface area (Å²) < 4.78 is 30.6. The van der Waals surface area contributed by atoms with Gasteiger partial charge in [0.1, 0.15) is 29.8 Å². The van der Waals surface area contributed by atoms with E-state index in [1.54, 1.807) is 0 Å². The van der Waals surface area contributed by atoms with Crippen molar-refractivity contribution in [3.8, 4) is 11.8 Å². The number of imidazole rings is 1. The minimum absolute atomic E-state index is 0.0480. The predicted molar refractivity (Wildman–Crippen MR) is 136 cm³/mol. The number of carbonyl (C=O) groups excluding carboxylic acids is 1. The number of carbonyl (C=O) groups is 1. The molecule has 2 aliphatic heterocycles. The zero-order chi connectivity index (χ0) is 28.3. The number of aliphatic hydroxyl groups excluding tert-OH is 1. The van der Waals surface area contributed by atoms with Crippen molar-refractivity contribution in [1.29, 1.82) is 0 Å². The summed E-state index contributed by atoms with van der Waals surface area (Å²) in [7, 11) is -0.517. The molecule has 2 fully saturated rings. The first kappa shape index (κ1) is 28.9. The summed E-state index contributed by atoms with van der Waals surface area (Å²) in [6, 6.07) is -0.414. The lowest BCUT2D eigenvalue weighted by Crippen LogP contribution is -2.54. The topological polar surface area (TPSA) is 181 Å². The van der Waals surface area contributed by atoms with E-state index >= 15 is 0 Å². The highest BCUT2D eigenvalue weighted by atomic mass is 31.2. The van der Waals surface area contributed by atoms with E-state index in [1.165, 1.54) is 25.5 Å². The molecule has 2 aromatic heterocycles. The number of H-pyrrole nitrogens is 1. The zero-order valence-electron chi connectivity index (χ0n) is 21.7. The fourth-order valence-corrected chi connectivity index (χ4v) is 5.41. The molecular weight excluding hydrogens is 535 g/mol. The highest BCUT2D eigenvalue weighted by Gasteiger charge is 2.38. The normalized spacial score (nSPS) is 25.6. The number of ether oxygens (including phenoxy) is 2. The second kappa shape index (κ2) is 12.0. The Morgan fingerprint density at radius 2 is 2.10 bits per heavy atom. The number of piperazine rings is 1. The number of rotatable bonds is 7. The van der Waals surface area contributed by atoms with E-state index in [2.05, 4.69) is 21.8 Å². The van der Waals surface area contributed by atoms with Crippen LogP contribution in [0.4, 0.5) is 0 Å². The van der Waals surface area contributed by atoms with Gasteiger partial charge in [-0.05, 0) is 21.0 Å². The molecule has 0 spiro atoms. The first-order chi connectivity index (χ1) is 18.5. The third-order valence-electron chi connectivity index (χ3n) is 6.60. The van der Waals surface area contributed by atoms with Gasteiger partial charge in [0.15, 0.2) is 6.61 Å². The van der Waals surface area contributed by atoms with Gasteiger partial charge < -0.3 is 24.4 Å².